The van der Waals surface area contributed by atoms with Crippen molar-refractivity contribution in [2.24, 2.45) is 0 Å². The quantitative estimate of drug-likeness (QED) is 0.270. The van der Waals surface area contributed by atoms with E-state index in [0.29, 0.717) is 5.75 Å². The van der Waals surface area contributed by atoms with Gasteiger partial charge in [-0.05, 0) is 48.5 Å². The molecule has 0 N–H and O–H groups in total. The second kappa shape index (κ2) is 9.26. The maximum atomic E-state index is 13.9. The summed E-state index contributed by atoms with van der Waals surface area (Å²) >= 11 is 5.96. The SMILES string of the molecule is COc1ccc(Oc2c(C(F)(F)F)oc3cc(OCc4c(F)cccc4Cl)ccc3c2=O)cc1. The van der Waals surface area contributed by atoms with Gasteiger partial charge in [0.05, 0.1) is 17.5 Å². The molecule has 0 saturated heterocycles. The average Bonchev–Trinajstić information content (AvgIpc) is 2.80. The summed E-state index contributed by atoms with van der Waals surface area (Å²) in [5.74, 6) is -2.71. The predicted octanol–water partition coefficient (Wildman–Crippen LogP) is 6.98. The Hall–Kier alpha value is -3.72. The Kier molecular flexibility index (Phi) is 6.39. The molecule has 34 heavy (non-hydrogen) atoms. The van der Waals surface area contributed by atoms with Crippen LogP contribution in [0.3, 0.4) is 0 Å². The molecule has 0 spiro atoms. The number of hydrogen-bond donors (Lipinski definition) is 0. The molecule has 0 atom stereocenters. The van der Waals surface area contributed by atoms with Crippen LogP contribution in [-0.2, 0) is 12.8 Å². The molecule has 0 radical (unpaired) electrons. The lowest BCUT2D eigenvalue weighted by atomic mass is 10.2. The van der Waals surface area contributed by atoms with Crippen LogP contribution in [-0.4, -0.2) is 7.11 Å². The number of fused-ring (bicyclic) bond motifs is 1. The van der Waals surface area contributed by atoms with Crippen molar-refractivity contribution in [2.45, 2.75) is 12.8 Å². The molecule has 0 aliphatic heterocycles. The zero-order valence-corrected chi connectivity index (χ0v) is 18.2. The predicted molar refractivity (Wildman–Crippen MR) is 116 cm³/mol. The van der Waals surface area contributed by atoms with Crippen molar-refractivity contribution in [1.82, 2.24) is 0 Å². The third-order valence-corrected chi connectivity index (χ3v) is 5.16. The Balaban J connectivity index is 1.71. The van der Waals surface area contributed by atoms with E-state index in [1.54, 1.807) is 0 Å². The van der Waals surface area contributed by atoms with Gasteiger partial charge >= 0.3 is 6.18 Å². The van der Waals surface area contributed by atoms with Crippen molar-refractivity contribution in [1.29, 1.82) is 0 Å². The minimum Gasteiger partial charge on any atom is -0.497 e. The van der Waals surface area contributed by atoms with Crippen LogP contribution in [0.25, 0.3) is 11.0 Å². The van der Waals surface area contributed by atoms with Gasteiger partial charge in [-0.2, -0.15) is 13.2 Å². The molecule has 3 aromatic carbocycles. The number of alkyl halides is 3. The largest absolute Gasteiger partial charge is 0.497 e. The highest BCUT2D eigenvalue weighted by atomic mass is 35.5. The van der Waals surface area contributed by atoms with E-state index in [2.05, 4.69) is 0 Å². The average molecular weight is 495 g/mol. The third-order valence-electron chi connectivity index (χ3n) is 4.80. The number of hydrogen-bond acceptors (Lipinski definition) is 5. The van der Waals surface area contributed by atoms with Crippen molar-refractivity contribution in [3.8, 4) is 23.0 Å². The topological polar surface area (TPSA) is 57.9 Å². The molecule has 0 aliphatic carbocycles. The fourth-order valence-electron chi connectivity index (χ4n) is 3.11. The molecule has 176 valence electrons. The summed E-state index contributed by atoms with van der Waals surface area (Å²) in [7, 11) is 1.43. The van der Waals surface area contributed by atoms with E-state index in [1.165, 1.54) is 61.7 Å². The van der Waals surface area contributed by atoms with Crippen molar-refractivity contribution in [3.63, 3.8) is 0 Å². The smallest absolute Gasteiger partial charge is 0.453 e. The van der Waals surface area contributed by atoms with Crippen LogP contribution in [0.1, 0.15) is 11.3 Å². The molecule has 0 amide bonds. The van der Waals surface area contributed by atoms with E-state index < -0.39 is 28.9 Å². The van der Waals surface area contributed by atoms with E-state index in [1.807, 2.05) is 0 Å². The highest BCUT2D eigenvalue weighted by Gasteiger charge is 2.40. The van der Waals surface area contributed by atoms with Crippen LogP contribution in [0.2, 0.25) is 5.02 Å². The fraction of sp³-hybridized carbons (Fsp3) is 0.125. The highest BCUT2D eigenvalue weighted by Crippen LogP contribution is 2.39. The second-order valence-corrected chi connectivity index (χ2v) is 7.42. The van der Waals surface area contributed by atoms with Gasteiger partial charge in [0.25, 0.3) is 5.76 Å². The molecule has 0 unspecified atom stereocenters. The Bertz CT molecular complexity index is 1380. The molecule has 0 saturated carbocycles. The van der Waals surface area contributed by atoms with Crippen molar-refractivity contribution in [3.05, 3.63) is 93.1 Å². The Morgan fingerprint density at radius 1 is 0.971 bits per heavy atom. The number of halogens is 5. The normalized spacial score (nSPS) is 11.5. The van der Waals surface area contributed by atoms with Gasteiger partial charge in [0, 0.05) is 11.6 Å². The van der Waals surface area contributed by atoms with E-state index in [0.717, 1.165) is 6.07 Å². The zero-order chi connectivity index (χ0) is 24.5. The number of rotatable bonds is 6. The molecule has 1 heterocycles. The molecule has 0 fully saturated rings. The van der Waals surface area contributed by atoms with Crippen LogP contribution in [0.15, 0.2) is 69.9 Å². The van der Waals surface area contributed by atoms with E-state index in [4.69, 9.17) is 30.2 Å². The minimum atomic E-state index is -5.02. The van der Waals surface area contributed by atoms with Gasteiger partial charge in [-0.15, -0.1) is 0 Å². The van der Waals surface area contributed by atoms with Crippen LogP contribution < -0.4 is 19.6 Å². The highest BCUT2D eigenvalue weighted by molar-refractivity contribution is 6.31. The van der Waals surface area contributed by atoms with Crippen LogP contribution >= 0.6 is 11.6 Å². The van der Waals surface area contributed by atoms with Gasteiger partial charge in [0.2, 0.25) is 11.2 Å². The van der Waals surface area contributed by atoms with Gasteiger partial charge in [0.1, 0.15) is 35.3 Å². The summed E-state index contributed by atoms with van der Waals surface area (Å²) in [6, 6.07) is 13.4. The molecule has 1 aromatic heterocycles. The molecule has 4 rings (SSSR count). The first-order chi connectivity index (χ1) is 16.2. The summed E-state index contributed by atoms with van der Waals surface area (Å²) < 4.78 is 75.9. The lowest BCUT2D eigenvalue weighted by Gasteiger charge is -2.14. The Morgan fingerprint density at radius 3 is 2.29 bits per heavy atom. The first-order valence-corrected chi connectivity index (χ1v) is 10.1. The van der Waals surface area contributed by atoms with Gasteiger partial charge in [-0.25, -0.2) is 4.39 Å². The van der Waals surface area contributed by atoms with Gasteiger partial charge in [0.15, 0.2) is 0 Å². The van der Waals surface area contributed by atoms with Crippen LogP contribution in [0.5, 0.6) is 23.0 Å². The van der Waals surface area contributed by atoms with E-state index >= 15 is 0 Å². The zero-order valence-electron chi connectivity index (χ0n) is 17.4. The molecule has 4 aromatic rings. The fourth-order valence-corrected chi connectivity index (χ4v) is 3.33. The maximum Gasteiger partial charge on any atom is 0.453 e. The molecular formula is C24H15ClF4O5. The van der Waals surface area contributed by atoms with Crippen molar-refractivity contribution < 1.29 is 36.2 Å². The standard InChI is InChI=1S/C24H15ClF4O5/c1-31-13-5-7-14(8-6-13)33-22-21(30)16-10-9-15(11-20(16)34-23(22)24(27,28)29)32-12-17-18(25)3-2-4-19(17)26/h2-11H,12H2,1H3. The Morgan fingerprint density at radius 2 is 1.65 bits per heavy atom. The number of ether oxygens (including phenoxy) is 3. The van der Waals surface area contributed by atoms with Crippen molar-refractivity contribution in [2.75, 3.05) is 7.11 Å². The third kappa shape index (κ3) is 4.79. The maximum absolute atomic E-state index is 13.9. The van der Waals surface area contributed by atoms with Crippen LogP contribution in [0, 0.1) is 5.82 Å². The monoisotopic (exact) mass is 494 g/mol. The summed E-state index contributed by atoms with van der Waals surface area (Å²) in [5.41, 5.74) is -1.32. The van der Waals surface area contributed by atoms with Crippen LogP contribution in [0.4, 0.5) is 17.6 Å². The molecule has 0 bridgehead atoms. The summed E-state index contributed by atoms with van der Waals surface area (Å²) in [6.07, 6.45) is -5.02. The lowest BCUT2D eigenvalue weighted by Crippen LogP contribution is -2.15. The molecule has 0 aliphatic rings. The molecule has 5 nitrogen and oxygen atoms in total. The first kappa shape index (κ1) is 23.4. The van der Waals surface area contributed by atoms with E-state index in [9.17, 15) is 22.4 Å². The lowest BCUT2D eigenvalue weighted by molar-refractivity contribution is -0.154. The Labute approximate surface area is 195 Å². The second-order valence-electron chi connectivity index (χ2n) is 7.01. The van der Waals surface area contributed by atoms with Gasteiger partial charge in [-0.3, -0.25) is 4.79 Å². The van der Waals surface area contributed by atoms with Gasteiger partial charge < -0.3 is 18.6 Å². The number of benzene rings is 3. The molecular weight excluding hydrogens is 480 g/mol. The summed E-state index contributed by atoms with van der Waals surface area (Å²) in [4.78, 5) is 12.9. The minimum absolute atomic E-state index is 0.0142. The molecule has 10 heteroatoms. The first-order valence-electron chi connectivity index (χ1n) is 9.73. The summed E-state index contributed by atoms with van der Waals surface area (Å²) in [5, 5.41) is -0.0280. The van der Waals surface area contributed by atoms with E-state index in [-0.39, 0.29) is 39.7 Å². The van der Waals surface area contributed by atoms with Gasteiger partial charge in [-0.1, -0.05) is 17.7 Å². The van der Waals surface area contributed by atoms with Crippen molar-refractivity contribution >= 4 is 22.6 Å². The summed E-state index contributed by atoms with van der Waals surface area (Å²) in [6.45, 7) is -0.286. The number of methoxy groups -OCH3 is 1.